The number of hydrogen-bond donors (Lipinski definition) is 0. The van der Waals surface area contributed by atoms with Gasteiger partial charge in [0.25, 0.3) is 8.89 Å². The summed E-state index contributed by atoms with van der Waals surface area (Å²) in [7, 11) is 5.49. The molecule has 0 N–H and O–H groups in total. The normalized spacial score (nSPS) is 17.5. The molecule has 0 bridgehead atoms. The first-order chi connectivity index (χ1) is 16.7. The van der Waals surface area contributed by atoms with Gasteiger partial charge in [0, 0.05) is 59.9 Å². The number of carbonyl (C=O) groups excluding carboxylic acids is 2. The molecule has 4 rings (SSSR count). The molecule has 12 heteroatoms. The van der Waals surface area contributed by atoms with E-state index in [1.165, 1.54) is 67.1 Å². The van der Waals surface area contributed by atoms with Crippen LogP contribution in [0.3, 0.4) is 0 Å². The molecular formula is C22H24N2O4S6. The highest BCUT2D eigenvalue weighted by Gasteiger charge is 2.17. The molecule has 2 aromatic carbocycles. The van der Waals surface area contributed by atoms with Gasteiger partial charge in [-0.1, -0.05) is 24.3 Å². The number of rotatable bonds is 7. The molecule has 0 saturated carbocycles. The summed E-state index contributed by atoms with van der Waals surface area (Å²) < 4.78 is 14.9. The minimum Gasteiger partial charge on any atom is -0.379 e. The van der Waals surface area contributed by atoms with Crippen LogP contribution in [0.15, 0.2) is 58.3 Å². The molecule has 0 unspecified atom stereocenters. The zero-order chi connectivity index (χ0) is 23.6. The van der Waals surface area contributed by atoms with Crippen LogP contribution in [0.4, 0.5) is 9.59 Å². The van der Waals surface area contributed by atoms with Crippen LogP contribution in [0.5, 0.6) is 0 Å². The van der Waals surface area contributed by atoms with Crippen LogP contribution in [0.2, 0.25) is 0 Å². The van der Waals surface area contributed by atoms with Gasteiger partial charge in [0.2, 0.25) is 0 Å². The van der Waals surface area contributed by atoms with E-state index in [0.717, 1.165) is 47.1 Å². The lowest BCUT2D eigenvalue weighted by Gasteiger charge is -2.23. The molecule has 182 valence electrons. The van der Waals surface area contributed by atoms with Gasteiger partial charge >= 0.3 is 0 Å². The van der Waals surface area contributed by atoms with Crippen molar-refractivity contribution < 1.29 is 19.1 Å². The number of ether oxygens (including phenoxy) is 2. The van der Waals surface area contributed by atoms with Crippen LogP contribution in [0.1, 0.15) is 0 Å². The van der Waals surface area contributed by atoms with Crippen molar-refractivity contribution in [2.75, 3.05) is 52.6 Å². The van der Waals surface area contributed by atoms with Gasteiger partial charge in [0.15, 0.2) is 0 Å². The van der Waals surface area contributed by atoms with E-state index in [-0.39, 0.29) is 8.89 Å². The molecule has 0 amide bonds. The predicted octanol–water partition coefficient (Wildman–Crippen LogP) is 7.04. The molecule has 0 aromatic heterocycles. The maximum absolute atomic E-state index is 12.2. The smallest absolute Gasteiger partial charge is 0.271 e. The first-order valence-electron chi connectivity index (χ1n) is 10.6. The molecule has 2 aliphatic rings. The molecule has 0 radical (unpaired) electrons. The van der Waals surface area contributed by atoms with Crippen molar-refractivity contribution in [2.45, 2.75) is 9.79 Å². The Morgan fingerprint density at radius 3 is 1.29 bits per heavy atom. The third-order valence-corrected chi connectivity index (χ3v) is 11.9. The molecule has 2 saturated heterocycles. The monoisotopic (exact) mass is 572 g/mol. The SMILES string of the molecule is O=C(SSc1ccc(-c2ccc(SSC(=O)SN3CCOCC3)cc2)cc1)SN1CCOCC1. The summed E-state index contributed by atoms with van der Waals surface area (Å²) in [6, 6.07) is 16.5. The lowest BCUT2D eigenvalue weighted by atomic mass is 10.1. The molecule has 2 heterocycles. The highest BCUT2D eigenvalue weighted by molar-refractivity contribution is 8.86. The summed E-state index contributed by atoms with van der Waals surface area (Å²) >= 11 is 2.56. The Balaban J connectivity index is 1.20. The van der Waals surface area contributed by atoms with E-state index in [9.17, 15) is 9.59 Å². The second-order valence-electron chi connectivity index (χ2n) is 7.15. The number of benzene rings is 2. The van der Waals surface area contributed by atoms with Crippen LogP contribution in [-0.4, -0.2) is 70.1 Å². The van der Waals surface area contributed by atoms with E-state index in [2.05, 4.69) is 32.9 Å². The van der Waals surface area contributed by atoms with E-state index in [4.69, 9.17) is 9.47 Å². The van der Waals surface area contributed by atoms with Crippen LogP contribution in [0, 0.1) is 0 Å². The average Bonchev–Trinajstić information content (AvgIpc) is 2.88. The van der Waals surface area contributed by atoms with Crippen molar-refractivity contribution in [1.29, 1.82) is 0 Å². The Hall–Kier alpha value is -0.280. The second-order valence-corrected chi connectivity index (χ2v) is 14.2. The van der Waals surface area contributed by atoms with Crippen molar-refractivity contribution in [1.82, 2.24) is 8.61 Å². The fourth-order valence-electron chi connectivity index (χ4n) is 3.09. The summed E-state index contributed by atoms with van der Waals surface area (Å²) in [5.41, 5.74) is 2.23. The zero-order valence-electron chi connectivity index (χ0n) is 18.3. The van der Waals surface area contributed by atoms with Crippen molar-refractivity contribution in [3.8, 4) is 11.1 Å². The van der Waals surface area contributed by atoms with E-state index in [1.54, 1.807) is 0 Å². The Morgan fingerprint density at radius 2 is 0.941 bits per heavy atom. The van der Waals surface area contributed by atoms with Gasteiger partial charge < -0.3 is 9.47 Å². The number of carbonyl (C=O) groups is 2. The van der Waals surface area contributed by atoms with Crippen LogP contribution in [-0.2, 0) is 9.47 Å². The van der Waals surface area contributed by atoms with Crippen LogP contribution in [0.25, 0.3) is 11.1 Å². The van der Waals surface area contributed by atoms with Crippen LogP contribution < -0.4 is 0 Å². The first-order valence-corrected chi connectivity index (χ1v) is 16.5. The van der Waals surface area contributed by atoms with Gasteiger partial charge in [-0.15, -0.1) is 0 Å². The number of nitrogens with zero attached hydrogens (tertiary/aromatic N) is 2. The van der Waals surface area contributed by atoms with Gasteiger partial charge in [0.1, 0.15) is 0 Å². The zero-order valence-corrected chi connectivity index (χ0v) is 23.2. The second kappa shape index (κ2) is 14.5. The van der Waals surface area contributed by atoms with E-state index < -0.39 is 0 Å². The molecule has 6 nitrogen and oxygen atoms in total. The highest BCUT2D eigenvalue weighted by Crippen LogP contribution is 2.39. The van der Waals surface area contributed by atoms with Gasteiger partial charge in [-0.05, 0) is 78.6 Å². The topological polar surface area (TPSA) is 59.1 Å². The minimum atomic E-state index is 0.0868. The summed E-state index contributed by atoms with van der Waals surface area (Å²) in [4.78, 5) is 26.5. The quantitative estimate of drug-likeness (QED) is 0.253. The Morgan fingerprint density at radius 1 is 0.588 bits per heavy atom. The lowest BCUT2D eigenvalue weighted by molar-refractivity contribution is 0.0775. The highest BCUT2D eigenvalue weighted by atomic mass is 33.1. The Labute approximate surface area is 224 Å². The van der Waals surface area contributed by atoms with Gasteiger partial charge in [-0.3, -0.25) is 9.59 Å². The van der Waals surface area contributed by atoms with Gasteiger partial charge in [-0.2, -0.15) is 0 Å². The van der Waals surface area contributed by atoms with Crippen LogP contribution >= 0.6 is 67.1 Å². The van der Waals surface area contributed by atoms with Gasteiger partial charge in [0.05, 0.1) is 26.4 Å². The molecule has 2 aromatic rings. The molecular weight excluding hydrogens is 549 g/mol. The fourth-order valence-corrected chi connectivity index (χ4v) is 8.68. The lowest BCUT2D eigenvalue weighted by Crippen LogP contribution is -2.31. The first kappa shape index (κ1) is 26.8. The summed E-state index contributed by atoms with van der Waals surface area (Å²) in [5.74, 6) is 0. The van der Waals surface area contributed by atoms with E-state index >= 15 is 0 Å². The third-order valence-electron chi connectivity index (χ3n) is 4.80. The number of hydrogen-bond acceptors (Lipinski definition) is 12. The van der Waals surface area contributed by atoms with Crippen molar-refractivity contribution in [3.05, 3.63) is 48.5 Å². The largest absolute Gasteiger partial charge is 0.379 e. The summed E-state index contributed by atoms with van der Waals surface area (Å²) in [6.07, 6.45) is 0. The van der Waals surface area contributed by atoms with Gasteiger partial charge in [-0.25, -0.2) is 8.61 Å². The number of morpholine rings is 2. The molecule has 2 fully saturated rings. The maximum Gasteiger partial charge on any atom is 0.271 e. The van der Waals surface area contributed by atoms with Crippen molar-refractivity contribution in [3.63, 3.8) is 0 Å². The molecule has 0 spiro atoms. The van der Waals surface area contributed by atoms with E-state index in [1.807, 2.05) is 24.3 Å². The standard InChI is InChI=1S/C22H24N2O4S6/c25-21(29-23-9-13-27-14-10-23)33-31-19-5-1-17(2-6-19)18-3-7-20(8-4-18)32-34-22(26)30-24-11-15-28-16-12-24/h1-8H,9-16H2. The van der Waals surface area contributed by atoms with Crippen molar-refractivity contribution >= 4 is 76.0 Å². The fraction of sp³-hybridized carbons (Fsp3) is 0.364. The molecule has 2 aliphatic heterocycles. The average molecular weight is 573 g/mol. The molecule has 0 atom stereocenters. The Bertz CT molecular complexity index is 858. The molecule has 0 aliphatic carbocycles. The van der Waals surface area contributed by atoms with Crippen molar-refractivity contribution in [2.24, 2.45) is 0 Å². The molecule has 34 heavy (non-hydrogen) atoms. The minimum absolute atomic E-state index is 0.0868. The summed E-state index contributed by atoms with van der Waals surface area (Å²) in [6.45, 7) is 5.89. The maximum atomic E-state index is 12.2. The Kier molecular flexibility index (Phi) is 11.4. The predicted molar refractivity (Wildman–Crippen MR) is 150 cm³/mol. The summed E-state index contributed by atoms with van der Waals surface area (Å²) in [5, 5.41) is 0. The van der Waals surface area contributed by atoms with E-state index in [0.29, 0.717) is 26.4 Å². The third kappa shape index (κ3) is 8.99.